The number of nitrogens with zero attached hydrogens (tertiary/aromatic N) is 1. The molecule has 92 valence electrons. The van der Waals surface area contributed by atoms with Gasteiger partial charge in [0.25, 0.3) is 0 Å². The third-order valence-electron chi connectivity index (χ3n) is 3.21. The Labute approximate surface area is 101 Å². The third kappa shape index (κ3) is 2.65. The lowest BCUT2D eigenvalue weighted by Gasteiger charge is -2.22. The van der Waals surface area contributed by atoms with Gasteiger partial charge in [-0.2, -0.15) is 0 Å². The second-order valence-corrected chi connectivity index (χ2v) is 4.43. The molecule has 0 aliphatic carbocycles. The fourth-order valence-corrected chi connectivity index (χ4v) is 2.23. The van der Waals surface area contributed by atoms with Crippen LogP contribution >= 0.6 is 0 Å². The Kier molecular flexibility index (Phi) is 3.76. The average molecular weight is 234 g/mol. The molecule has 0 radical (unpaired) electrons. The van der Waals surface area contributed by atoms with Gasteiger partial charge in [-0.05, 0) is 12.0 Å². The van der Waals surface area contributed by atoms with Gasteiger partial charge in [-0.15, -0.1) is 0 Å². The molecule has 1 heterocycles. The Morgan fingerprint density at radius 3 is 2.71 bits per heavy atom. The molecule has 0 bridgehead atoms. The van der Waals surface area contributed by atoms with Crippen LogP contribution in [0.3, 0.4) is 0 Å². The molecule has 1 aromatic carbocycles. The minimum Gasteiger partial charge on any atom is -0.391 e. The SMILES string of the molecule is NCC(C(=O)N1CC[C@H](O)C1)c1ccccc1. The van der Waals surface area contributed by atoms with E-state index < -0.39 is 0 Å². The number of amides is 1. The molecule has 1 aliphatic heterocycles. The second kappa shape index (κ2) is 5.29. The molecule has 4 nitrogen and oxygen atoms in total. The lowest BCUT2D eigenvalue weighted by Crippen LogP contribution is -2.36. The van der Waals surface area contributed by atoms with E-state index >= 15 is 0 Å². The molecule has 1 amide bonds. The molecule has 2 atom stereocenters. The number of nitrogens with two attached hydrogens (primary N) is 1. The molecule has 0 saturated carbocycles. The highest BCUT2D eigenvalue weighted by atomic mass is 16.3. The molecular formula is C13H18N2O2. The van der Waals surface area contributed by atoms with Gasteiger partial charge >= 0.3 is 0 Å². The predicted octanol–water partition coefficient (Wildman–Crippen LogP) is 0.322. The third-order valence-corrected chi connectivity index (χ3v) is 3.21. The minimum atomic E-state index is -0.381. The predicted molar refractivity (Wildman–Crippen MR) is 65.4 cm³/mol. The van der Waals surface area contributed by atoms with Crippen LogP contribution in [0.25, 0.3) is 0 Å². The maximum Gasteiger partial charge on any atom is 0.231 e. The number of carbonyl (C=O) groups is 1. The lowest BCUT2D eigenvalue weighted by molar-refractivity contribution is -0.131. The largest absolute Gasteiger partial charge is 0.391 e. The molecular weight excluding hydrogens is 216 g/mol. The highest BCUT2D eigenvalue weighted by Crippen LogP contribution is 2.20. The van der Waals surface area contributed by atoms with Crippen molar-refractivity contribution in [3.8, 4) is 0 Å². The summed E-state index contributed by atoms with van der Waals surface area (Å²) in [5.74, 6) is -0.267. The van der Waals surface area contributed by atoms with Crippen LogP contribution < -0.4 is 5.73 Å². The normalized spacial score (nSPS) is 21.5. The first kappa shape index (κ1) is 12.1. The van der Waals surface area contributed by atoms with E-state index in [1.54, 1.807) is 4.90 Å². The maximum absolute atomic E-state index is 12.3. The summed E-state index contributed by atoms with van der Waals surface area (Å²) in [6.07, 6.45) is 0.283. The summed E-state index contributed by atoms with van der Waals surface area (Å²) in [5, 5.41) is 9.45. The van der Waals surface area contributed by atoms with Crippen molar-refractivity contribution in [2.75, 3.05) is 19.6 Å². The van der Waals surface area contributed by atoms with Crippen LogP contribution in [0.5, 0.6) is 0 Å². The lowest BCUT2D eigenvalue weighted by atomic mass is 9.98. The van der Waals surface area contributed by atoms with Crippen LogP contribution in [0.1, 0.15) is 17.9 Å². The van der Waals surface area contributed by atoms with Gasteiger partial charge < -0.3 is 15.7 Å². The van der Waals surface area contributed by atoms with E-state index in [0.717, 1.165) is 5.56 Å². The van der Waals surface area contributed by atoms with Crippen LogP contribution in [0.2, 0.25) is 0 Å². The van der Waals surface area contributed by atoms with Crippen molar-refractivity contribution in [3.05, 3.63) is 35.9 Å². The average Bonchev–Trinajstić information content (AvgIpc) is 2.78. The van der Waals surface area contributed by atoms with Gasteiger partial charge in [-0.25, -0.2) is 0 Å². The van der Waals surface area contributed by atoms with Gasteiger partial charge in [-0.3, -0.25) is 4.79 Å². The van der Waals surface area contributed by atoms with Crippen molar-refractivity contribution >= 4 is 5.91 Å². The van der Waals surface area contributed by atoms with E-state index in [-0.39, 0.29) is 17.9 Å². The summed E-state index contributed by atoms with van der Waals surface area (Å²) in [5.41, 5.74) is 6.64. The van der Waals surface area contributed by atoms with Crippen molar-refractivity contribution in [3.63, 3.8) is 0 Å². The quantitative estimate of drug-likeness (QED) is 0.791. The van der Waals surface area contributed by atoms with Crippen molar-refractivity contribution < 1.29 is 9.90 Å². The summed E-state index contributed by atoms with van der Waals surface area (Å²) in [6, 6.07) is 9.57. The highest BCUT2D eigenvalue weighted by Gasteiger charge is 2.29. The number of rotatable bonds is 3. The maximum atomic E-state index is 12.3. The second-order valence-electron chi connectivity index (χ2n) is 4.43. The summed E-state index contributed by atoms with van der Waals surface area (Å²) in [6.45, 7) is 1.36. The molecule has 1 saturated heterocycles. The van der Waals surface area contributed by atoms with Crippen LogP contribution in [-0.2, 0) is 4.79 Å². The Morgan fingerprint density at radius 2 is 2.18 bits per heavy atom. The molecule has 0 aromatic heterocycles. The Balaban J connectivity index is 2.11. The summed E-state index contributed by atoms with van der Waals surface area (Å²) < 4.78 is 0. The Bertz CT molecular complexity index is 380. The van der Waals surface area contributed by atoms with Crippen LogP contribution in [0.15, 0.2) is 30.3 Å². The van der Waals surface area contributed by atoms with Gasteiger partial charge in [0.05, 0.1) is 12.0 Å². The number of hydrogen-bond acceptors (Lipinski definition) is 3. The van der Waals surface area contributed by atoms with E-state index in [0.29, 0.717) is 26.1 Å². The van der Waals surface area contributed by atoms with Gasteiger partial charge in [0.1, 0.15) is 0 Å². The summed E-state index contributed by atoms with van der Waals surface area (Å²) in [7, 11) is 0. The fourth-order valence-electron chi connectivity index (χ4n) is 2.23. The van der Waals surface area contributed by atoms with E-state index in [1.165, 1.54) is 0 Å². The molecule has 0 spiro atoms. The number of carbonyl (C=O) groups excluding carboxylic acids is 1. The molecule has 1 aromatic rings. The van der Waals surface area contributed by atoms with E-state index in [4.69, 9.17) is 5.73 Å². The number of benzene rings is 1. The first-order chi connectivity index (χ1) is 8.22. The van der Waals surface area contributed by atoms with E-state index in [2.05, 4.69) is 0 Å². The highest BCUT2D eigenvalue weighted by molar-refractivity contribution is 5.84. The van der Waals surface area contributed by atoms with Crippen LogP contribution in [0.4, 0.5) is 0 Å². The summed E-state index contributed by atoms with van der Waals surface area (Å²) >= 11 is 0. The van der Waals surface area contributed by atoms with Gasteiger partial charge in [0.2, 0.25) is 5.91 Å². The van der Waals surface area contributed by atoms with Crippen LogP contribution in [0, 0.1) is 0 Å². The van der Waals surface area contributed by atoms with Gasteiger partial charge in [0.15, 0.2) is 0 Å². The van der Waals surface area contributed by atoms with Crippen LogP contribution in [-0.4, -0.2) is 41.7 Å². The molecule has 17 heavy (non-hydrogen) atoms. The number of likely N-dealkylation sites (tertiary alicyclic amines) is 1. The van der Waals surface area contributed by atoms with E-state index in [9.17, 15) is 9.90 Å². The van der Waals surface area contributed by atoms with Gasteiger partial charge in [-0.1, -0.05) is 30.3 Å². The smallest absolute Gasteiger partial charge is 0.231 e. The van der Waals surface area contributed by atoms with Crippen molar-refractivity contribution in [2.45, 2.75) is 18.4 Å². The molecule has 2 rings (SSSR count). The molecule has 1 aliphatic rings. The molecule has 1 fully saturated rings. The topological polar surface area (TPSA) is 66.6 Å². The number of β-amino-alcohol motifs (C(OH)–C–C–N with tert-alkyl or cyclic N) is 1. The number of aliphatic hydroxyl groups is 1. The standard InChI is InChI=1S/C13H18N2O2/c14-8-12(10-4-2-1-3-5-10)13(17)15-7-6-11(16)9-15/h1-5,11-12,16H,6-9,14H2/t11-,12?/m0/s1. The zero-order valence-corrected chi connectivity index (χ0v) is 9.75. The Hall–Kier alpha value is -1.39. The first-order valence-electron chi connectivity index (χ1n) is 5.94. The zero-order valence-electron chi connectivity index (χ0n) is 9.75. The molecule has 4 heteroatoms. The van der Waals surface area contributed by atoms with E-state index in [1.807, 2.05) is 30.3 Å². The number of hydrogen-bond donors (Lipinski definition) is 2. The Morgan fingerprint density at radius 1 is 1.47 bits per heavy atom. The summed E-state index contributed by atoms with van der Waals surface area (Å²) in [4.78, 5) is 14.0. The zero-order chi connectivity index (χ0) is 12.3. The van der Waals surface area contributed by atoms with Gasteiger partial charge in [0, 0.05) is 19.6 Å². The van der Waals surface area contributed by atoms with Crippen molar-refractivity contribution in [1.29, 1.82) is 0 Å². The minimum absolute atomic E-state index is 0.0234. The molecule has 1 unspecified atom stereocenters. The number of aliphatic hydroxyl groups excluding tert-OH is 1. The monoisotopic (exact) mass is 234 g/mol. The fraction of sp³-hybridized carbons (Fsp3) is 0.462. The first-order valence-corrected chi connectivity index (χ1v) is 5.94. The molecule has 3 N–H and O–H groups in total. The van der Waals surface area contributed by atoms with Crippen molar-refractivity contribution in [1.82, 2.24) is 4.90 Å². The van der Waals surface area contributed by atoms with Crippen molar-refractivity contribution in [2.24, 2.45) is 5.73 Å².